The van der Waals surface area contributed by atoms with E-state index in [2.05, 4.69) is 69.0 Å². The largest absolute Gasteiger partial charge is 0.508 e. The van der Waals surface area contributed by atoms with Gasteiger partial charge in [-0.1, -0.05) is 0 Å². The van der Waals surface area contributed by atoms with E-state index in [9.17, 15) is 10.2 Å². The van der Waals surface area contributed by atoms with Gasteiger partial charge >= 0.3 is 0 Å². The Morgan fingerprint density at radius 1 is 0.781 bits per heavy atom. The predicted octanol–water partition coefficient (Wildman–Crippen LogP) is 7.43. The number of halogens is 3. The van der Waals surface area contributed by atoms with Crippen molar-refractivity contribution < 1.29 is 19.0 Å². The van der Waals surface area contributed by atoms with Crippen LogP contribution in [0.2, 0.25) is 0 Å². The molecule has 4 aromatic heterocycles. The Balaban J connectivity index is 1.54. The number of rotatable bonds is 2. The summed E-state index contributed by atoms with van der Waals surface area (Å²) in [4.78, 5) is 2.12. The molecule has 6 aromatic rings. The van der Waals surface area contributed by atoms with E-state index in [1.807, 2.05) is 12.1 Å². The van der Waals surface area contributed by atoms with Crippen molar-refractivity contribution in [1.29, 1.82) is 0 Å². The van der Waals surface area contributed by atoms with Gasteiger partial charge in [0.1, 0.15) is 30.5 Å². The fraction of sp³-hybridized carbons (Fsp3) is 0. The second-order valence-corrected chi connectivity index (χ2v) is 12.3. The Morgan fingerprint density at radius 2 is 1.28 bits per heavy atom. The van der Waals surface area contributed by atoms with Gasteiger partial charge in [-0.05, 0) is 90.8 Å². The molecule has 0 aliphatic heterocycles. The van der Waals surface area contributed by atoms with Crippen LogP contribution in [0.1, 0.15) is 0 Å². The van der Waals surface area contributed by atoms with Crippen LogP contribution in [-0.2, 0) is 0 Å². The number of aromatic hydroxyl groups is 2. The lowest BCUT2D eigenvalue weighted by Gasteiger charge is -1.98. The minimum atomic E-state index is 0.190. The zero-order valence-electron chi connectivity index (χ0n) is 16.1. The smallest absolute Gasteiger partial charge is 0.159 e. The molecule has 4 nitrogen and oxygen atoms in total. The van der Waals surface area contributed by atoms with Gasteiger partial charge < -0.3 is 19.0 Å². The van der Waals surface area contributed by atoms with Crippen LogP contribution in [0.25, 0.3) is 52.6 Å². The molecular weight excluding hydrogens is 737 g/mol. The summed E-state index contributed by atoms with van der Waals surface area (Å²) < 4.78 is 17.7. The Morgan fingerprint density at radius 3 is 1.81 bits per heavy atom. The summed E-state index contributed by atoms with van der Waals surface area (Å²) in [6, 6.07) is 10.4. The van der Waals surface area contributed by atoms with Gasteiger partial charge in [-0.2, -0.15) is 0 Å². The summed E-state index contributed by atoms with van der Waals surface area (Å²) in [6.45, 7) is 0. The number of fused-ring (bicyclic) bond motifs is 3. The normalized spacial score (nSPS) is 12.0. The quantitative estimate of drug-likeness (QED) is 0.143. The van der Waals surface area contributed by atoms with Crippen molar-refractivity contribution in [1.82, 2.24) is 0 Å². The van der Waals surface area contributed by atoms with Crippen LogP contribution < -0.4 is 5.46 Å². The van der Waals surface area contributed by atoms with E-state index in [0.717, 1.165) is 53.8 Å². The number of phenols is 2. The molecule has 0 unspecified atom stereocenters. The lowest BCUT2D eigenvalue weighted by molar-refractivity contribution is 0.474. The molecule has 0 saturated heterocycles. The zero-order valence-corrected chi connectivity index (χ0v) is 23.7. The van der Waals surface area contributed by atoms with Gasteiger partial charge in [0.2, 0.25) is 0 Å². The third kappa shape index (κ3) is 3.09. The number of hydrogen-bond donors (Lipinski definition) is 2. The number of hydrogen-bond acceptors (Lipinski definition) is 6. The van der Waals surface area contributed by atoms with Gasteiger partial charge in [0.15, 0.2) is 11.5 Å². The Labute approximate surface area is 226 Å². The van der Waals surface area contributed by atoms with Gasteiger partial charge in [-0.3, -0.25) is 0 Å². The molecule has 2 aromatic carbocycles. The first-order chi connectivity index (χ1) is 15.3. The highest BCUT2D eigenvalue weighted by atomic mass is 127. The highest BCUT2D eigenvalue weighted by molar-refractivity contribution is 14.1. The molecular formula is C22H10BBrI2O4S2. The van der Waals surface area contributed by atoms with E-state index in [-0.39, 0.29) is 11.5 Å². The van der Waals surface area contributed by atoms with Crippen LogP contribution in [0.5, 0.6) is 11.5 Å². The molecule has 6 rings (SSSR count). The van der Waals surface area contributed by atoms with E-state index in [1.54, 1.807) is 46.9 Å². The molecule has 0 amide bonds. The van der Waals surface area contributed by atoms with Gasteiger partial charge in [0.25, 0.3) is 0 Å². The highest BCUT2D eigenvalue weighted by Crippen LogP contribution is 2.50. The first-order valence-corrected chi connectivity index (χ1v) is 14.0. The Kier molecular flexibility index (Phi) is 5.10. The van der Waals surface area contributed by atoms with Crippen LogP contribution >= 0.6 is 83.8 Å². The molecule has 0 radical (unpaired) electrons. The molecule has 0 atom stereocenters. The highest BCUT2D eigenvalue weighted by Gasteiger charge is 2.26. The van der Waals surface area contributed by atoms with Crippen molar-refractivity contribution in [2.45, 2.75) is 0 Å². The lowest BCUT2D eigenvalue weighted by atomic mass is 9.96. The van der Waals surface area contributed by atoms with Crippen LogP contribution in [0, 0.1) is 7.14 Å². The second kappa shape index (κ2) is 7.65. The number of benzene rings is 2. The van der Waals surface area contributed by atoms with E-state index in [4.69, 9.17) is 8.83 Å². The van der Waals surface area contributed by atoms with Crippen molar-refractivity contribution in [3.8, 4) is 32.8 Å². The maximum atomic E-state index is 9.81. The summed E-state index contributed by atoms with van der Waals surface area (Å²) >= 11 is 11.8. The van der Waals surface area contributed by atoms with Crippen molar-refractivity contribution in [2.75, 3.05) is 0 Å². The average Bonchev–Trinajstić information content (AvgIpc) is 3.45. The second-order valence-electron chi connectivity index (χ2n) is 7.31. The van der Waals surface area contributed by atoms with Crippen molar-refractivity contribution in [3.63, 3.8) is 0 Å². The molecule has 0 saturated carbocycles. The topological polar surface area (TPSA) is 66.7 Å². The molecule has 0 fully saturated rings. The van der Waals surface area contributed by atoms with Crippen molar-refractivity contribution in [3.05, 3.63) is 48.0 Å². The van der Waals surface area contributed by atoms with Crippen molar-refractivity contribution >= 4 is 128 Å². The summed E-state index contributed by atoms with van der Waals surface area (Å²) in [7, 11) is 2.11. The molecule has 10 heteroatoms. The molecule has 0 aliphatic rings. The van der Waals surface area contributed by atoms with Gasteiger partial charge in [-0.25, -0.2) is 0 Å². The average molecular weight is 747 g/mol. The Bertz CT molecular complexity index is 1590. The first-order valence-electron chi connectivity index (χ1n) is 9.37. The SMILES string of the molecule is Bc1c(-c2oc3cc(O)ccc3c2I)sc2c(Br)c(-c3oc4cc(O)ccc4c3I)sc12. The number of phenolic OH excluding ortho intramolecular Hbond substituents is 2. The standard InChI is InChI=1S/C22H10BBrI2O4S2/c23-13-19(17-15(25)9-3-1-7(27)5-11(9)29-17)31-22-14(24)21(32-20(13)22)18-16(26)10-4-2-8(28)6-12(10)30-18/h1-6,27-28H,23H2. The minimum Gasteiger partial charge on any atom is -0.508 e. The lowest BCUT2D eigenvalue weighted by Crippen LogP contribution is -2.01. The monoisotopic (exact) mass is 746 g/mol. The first kappa shape index (κ1) is 21.3. The van der Waals surface area contributed by atoms with E-state index < -0.39 is 0 Å². The fourth-order valence-electron chi connectivity index (χ4n) is 3.78. The van der Waals surface area contributed by atoms with E-state index in [1.165, 1.54) is 4.70 Å². The third-order valence-electron chi connectivity index (χ3n) is 5.33. The molecule has 2 N–H and O–H groups in total. The van der Waals surface area contributed by atoms with E-state index in [0.29, 0.717) is 11.2 Å². The Hall–Kier alpha value is -1.22. The van der Waals surface area contributed by atoms with Crippen LogP contribution in [0.3, 0.4) is 0 Å². The van der Waals surface area contributed by atoms with Gasteiger partial charge in [0, 0.05) is 27.6 Å². The molecule has 0 bridgehead atoms. The predicted molar refractivity (Wildman–Crippen MR) is 155 cm³/mol. The minimum absolute atomic E-state index is 0.190. The maximum absolute atomic E-state index is 9.81. The van der Waals surface area contributed by atoms with Gasteiger partial charge in [0.05, 0.1) is 26.1 Å². The number of thiophene rings is 2. The van der Waals surface area contributed by atoms with Crippen LogP contribution in [0.4, 0.5) is 0 Å². The molecule has 32 heavy (non-hydrogen) atoms. The molecule has 0 aliphatic carbocycles. The fourth-order valence-corrected chi connectivity index (χ4v) is 9.38. The maximum Gasteiger partial charge on any atom is 0.159 e. The van der Waals surface area contributed by atoms with Gasteiger partial charge in [-0.15, -0.1) is 22.7 Å². The van der Waals surface area contributed by atoms with Crippen LogP contribution in [0.15, 0.2) is 49.7 Å². The van der Waals surface area contributed by atoms with Crippen LogP contribution in [-0.4, -0.2) is 18.1 Å². The summed E-state index contributed by atoms with van der Waals surface area (Å²) in [5, 5.41) is 21.6. The molecule has 158 valence electrons. The molecule has 4 heterocycles. The summed E-state index contributed by atoms with van der Waals surface area (Å²) in [6.07, 6.45) is 0. The summed E-state index contributed by atoms with van der Waals surface area (Å²) in [5.74, 6) is 2.02. The number of furan rings is 2. The molecule has 0 spiro atoms. The third-order valence-corrected chi connectivity index (χ3v) is 11.5. The summed E-state index contributed by atoms with van der Waals surface area (Å²) in [5.41, 5.74) is 2.51. The van der Waals surface area contributed by atoms with Crippen molar-refractivity contribution in [2.24, 2.45) is 0 Å². The van der Waals surface area contributed by atoms with E-state index >= 15 is 0 Å². The zero-order chi connectivity index (χ0) is 22.3.